The molecule has 1 saturated heterocycles. The maximum Gasteiger partial charge on any atom is 0.249 e. The highest BCUT2D eigenvalue weighted by atomic mass is 35.5. The summed E-state index contributed by atoms with van der Waals surface area (Å²) < 4.78 is 0. The van der Waals surface area contributed by atoms with E-state index >= 15 is 0 Å². The van der Waals surface area contributed by atoms with Crippen LogP contribution < -0.4 is 10.2 Å². The average molecular weight is 277 g/mol. The van der Waals surface area contributed by atoms with Crippen molar-refractivity contribution in [3.05, 3.63) is 29.8 Å². The molecule has 1 aliphatic rings. The number of carbonyl (C=O) groups is 2. The molecule has 2 amide bonds. The summed E-state index contributed by atoms with van der Waals surface area (Å²) in [5.74, 6) is 1.94. The van der Waals surface area contributed by atoms with Crippen molar-refractivity contribution < 1.29 is 9.59 Å². The minimum absolute atomic E-state index is 0.119. The fourth-order valence-corrected chi connectivity index (χ4v) is 2.12. The molecular formula is C14H13ClN2O2. The summed E-state index contributed by atoms with van der Waals surface area (Å²) in [6.07, 6.45) is 5.86. The highest BCUT2D eigenvalue weighted by Crippen LogP contribution is 2.21. The Hall–Kier alpha value is -1.99. The average Bonchev–Trinajstić information content (AvgIpc) is 2.80. The third-order valence-corrected chi connectivity index (χ3v) is 3.25. The third kappa shape index (κ3) is 2.88. The molecule has 5 heteroatoms. The van der Waals surface area contributed by atoms with Gasteiger partial charge in [0.15, 0.2) is 0 Å². The van der Waals surface area contributed by atoms with Crippen LogP contribution in [0.1, 0.15) is 12.0 Å². The molecule has 1 N–H and O–H groups in total. The van der Waals surface area contributed by atoms with E-state index in [9.17, 15) is 9.59 Å². The fraction of sp³-hybridized carbons (Fsp3) is 0.286. The zero-order valence-electron chi connectivity index (χ0n) is 10.2. The Morgan fingerprint density at radius 2 is 2.16 bits per heavy atom. The Morgan fingerprint density at radius 3 is 2.74 bits per heavy atom. The quantitative estimate of drug-likeness (QED) is 0.665. The zero-order valence-corrected chi connectivity index (χ0v) is 11.0. The molecule has 1 fully saturated rings. The van der Waals surface area contributed by atoms with Crippen molar-refractivity contribution in [1.82, 2.24) is 5.32 Å². The topological polar surface area (TPSA) is 49.4 Å². The first-order chi connectivity index (χ1) is 9.15. The number of nitrogens with zero attached hydrogens (tertiary/aromatic N) is 1. The highest BCUT2D eigenvalue weighted by Gasteiger charge is 2.33. The molecule has 1 atom stereocenters. The normalized spacial score (nSPS) is 18.2. The Bertz CT molecular complexity index is 533. The molecule has 0 aromatic heterocycles. The van der Waals surface area contributed by atoms with Crippen LogP contribution in [0.3, 0.4) is 0 Å². The molecule has 0 saturated carbocycles. The fourth-order valence-electron chi connectivity index (χ4n) is 2.04. The summed E-state index contributed by atoms with van der Waals surface area (Å²) in [5.41, 5.74) is 1.55. The van der Waals surface area contributed by atoms with Crippen LogP contribution in [0.25, 0.3) is 0 Å². The number of hydrogen-bond donors (Lipinski definition) is 1. The Balaban J connectivity index is 2.08. The van der Waals surface area contributed by atoms with Crippen molar-refractivity contribution in [3.63, 3.8) is 0 Å². The molecule has 0 aliphatic carbocycles. The van der Waals surface area contributed by atoms with Crippen LogP contribution in [0.15, 0.2) is 24.3 Å². The number of alkyl halides is 1. The summed E-state index contributed by atoms with van der Waals surface area (Å²) in [6, 6.07) is 6.69. The minimum Gasteiger partial charge on any atom is -0.343 e. The van der Waals surface area contributed by atoms with Crippen molar-refractivity contribution in [2.24, 2.45) is 0 Å². The Kier molecular flexibility index (Phi) is 4.08. The van der Waals surface area contributed by atoms with E-state index in [1.165, 1.54) is 0 Å². The maximum absolute atomic E-state index is 12.1. The smallest absolute Gasteiger partial charge is 0.249 e. The van der Waals surface area contributed by atoms with Gasteiger partial charge in [-0.2, -0.15) is 0 Å². The second-order valence-electron chi connectivity index (χ2n) is 4.22. The molecule has 0 bridgehead atoms. The molecule has 4 nitrogen and oxygen atoms in total. The van der Waals surface area contributed by atoms with Gasteiger partial charge >= 0.3 is 0 Å². The first kappa shape index (κ1) is 13.4. The predicted molar refractivity (Wildman–Crippen MR) is 74.0 cm³/mol. The molecule has 2 rings (SSSR count). The van der Waals surface area contributed by atoms with Gasteiger partial charge in [0, 0.05) is 17.8 Å². The first-order valence-corrected chi connectivity index (χ1v) is 6.42. The van der Waals surface area contributed by atoms with Gasteiger partial charge in [0.05, 0.1) is 0 Å². The molecule has 1 aliphatic heterocycles. The maximum atomic E-state index is 12.1. The number of anilines is 1. The van der Waals surface area contributed by atoms with Gasteiger partial charge in [-0.25, -0.2) is 0 Å². The van der Waals surface area contributed by atoms with Crippen LogP contribution in [0.4, 0.5) is 5.69 Å². The summed E-state index contributed by atoms with van der Waals surface area (Å²) >= 11 is 5.41. The number of terminal acetylenes is 1. The molecule has 19 heavy (non-hydrogen) atoms. The van der Waals surface area contributed by atoms with Gasteiger partial charge in [-0.15, -0.1) is 18.0 Å². The van der Waals surface area contributed by atoms with E-state index in [2.05, 4.69) is 11.2 Å². The summed E-state index contributed by atoms with van der Waals surface area (Å²) in [6.45, 7) is 0.571. The molecule has 0 spiro atoms. The Morgan fingerprint density at radius 1 is 1.47 bits per heavy atom. The van der Waals surface area contributed by atoms with Gasteiger partial charge in [-0.1, -0.05) is 5.92 Å². The monoisotopic (exact) mass is 276 g/mol. The van der Waals surface area contributed by atoms with Crippen molar-refractivity contribution in [2.75, 3.05) is 17.3 Å². The van der Waals surface area contributed by atoms with Crippen LogP contribution in [-0.2, 0) is 9.59 Å². The standard InChI is InChI=1S/C14H13ClN2O2/c1-2-10-3-5-11(6-4-10)17-8-7-12(14(17)19)16-13(18)9-15/h1,3-6,12H,7-9H2,(H,16,18). The lowest BCUT2D eigenvalue weighted by Gasteiger charge is -2.17. The molecule has 0 radical (unpaired) electrons. The number of carbonyl (C=O) groups excluding carboxylic acids is 2. The van der Waals surface area contributed by atoms with Crippen molar-refractivity contribution in [1.29, 1.82) is 0 Å². The molecule has 98 valence electrons. The number of amides is 2. The second kappa shape index (κ2) is 5.77. The largest absolute Gasteiger partial charge is 0.343 e. The van der Waals surface area contributed by atoms with Crippen LogP contribution in [-0.4, -0.2) is 30.3 Å². The van der Waals surface area contributed by atoms with Gasteiger partial charge in [-0.3, -0.25) is 9.59 Å². The van der Waals surface area contributed by atoms with Gasteiger partial charge in [-0.05, 0) is 30.7 Å². The number of hydrogen-bond acceptors (Lipinski definition) is 2. The van der Waals surface area contributed by atoms with Crippen LogP contribution >= 0.6 is 11.6 Å². The number of halogens is 1. The lowest BCUT2D eigenvalue weighted by Crippen LogP contribution is -2.42. The highest BCUT2D eigenvalue weighted by molar-refractivity contribution is 6.27. The first-order valence-electron chi connectivity index (χ1n) is 5.89. The molecule has 1 aromatic carbocycles. The number of nitrogens with one attached hydrogen (secondary N) is 1. The van der Waals surface area contributed by atoms with Gasteiger partial charge < -0.3 is 10.2 Å². The van der Waals surface area contributed by atoms with E-state index < -0.39 is 6.04 Å². The SMILES string of the molecule is C#Cc1ccc(N2CCC(NC(=O)CCl)C2=O)cc1. The number of rotatable bonds is 3. The van der Waals surface area contributed by atoms with Crippen molar-refractivity contribution in [3.8, 4) is 12.3 Å². The molecule has 1 unspecified atom stereocenters. The van der Waals surface area contributed by atoms with E-state index in [4.69, 9.17) is 18.0 Å². The predicted octanol–water partition coefficient (Wildman–Crippen LogP) is 1.13. The van der Waals surface area contributed by atoms with Crippen molar-refractivity contribution in [2.45, 2.75) is 12.5 Å². The van der Waals surface area contributed by atoms with E-state index in [0.29, 0.717) is 13.0 Å². The van der Waals surface area contributed by atoms with E-state index in [1.807, 2.05) is 0 Å². The van der Waals surface area contributed by atoms with Crippen LogP contribution in [0.5, 0.6) is 0 Å². The van der Waals surface area contributed by atoms with Crippen LogP contribution in [0, 0.1) is 12.3 Å². The van der Waals surface area contributed by atoms with Crippen molar-refractivity contribution >= 4 is 29.1 Å². The van der Waals surface area contributed by atoms with Gasteiger partial charge in [0.1, 0.15) is 11.9 Å². The van der Waals surface area contributed by atoms with E-state index in [1.54, 1.807) is 29.2 Å². The Labute approximate surface area is 116 Å². The number of benzene rings is 1. The molecule has 1 aromatic rings. The lowest BCUT2D eigenvalue weighted by molar-refractivity contribution is -0.125. The van der Waals surface area contributed by atoms with E-state index in [-0.39, 0.29) is 17.7 Å². The summed E-state index contributed by atoms with van der Waals surface area (Å²) in [4.78, 5) is 25.0. The minimum atomic E-state index is -0.487. The molecule has 1 heterocycles. The lowest BCUT2D eigenvalue weighted by atomic mass is 10.2. The summed E-state index contributed by atoms with van der Waals surface area (Å²) in [5, 5.41) is 2.61. The van der Waals surface area contributed by atoms with Gasteiger partial charge in [0.2, 0.25) is 11.8 Å². The van der Waals surface area contributed by atoms with E-state index in [0.717, 1.165) is 11.3 Å². The summed E-state index contributed by atoms with van der Waals surface area (Å²) in [7, 11) is 0. The third-order valence-electron chi connectivity index (χ3n) is 3.01. The molecular weight excluding hydrogens is 264 g/mol. The van der Waals surface area contributed by atoms with Crippen LogP contribution in [0.2, 0.25) is 0 Å². The zero-order chi connectivity index (χ0) is 13.8. The van der Waals surface area contributed by atoms with Gasteiger partial charge in [0.25, 0.3) is 0 Å². The second-order valence-corrected chi connectivity index (χ2v) is 4.49.